The molecule has 2 amide bonds. The van der Waals surface area contributed by atoms with Crippen molar-refractivity contribution in [1.29, 1.82) is 0 Å². The lowest BCUT2D eigenvalue weighted by molar-refractivity contribution is -0.120. The molecule has 2 aromatic carbocycles. The molecular formula is C16H13ClFN3O2. The number of halogens is 2. The zero-order valence-corrected chi connectivity index (χ0v) is 12.7. The molecule has 2 N–H and O–H groups in total. The van der Waals surface area contributed by atoms with Gasteiger partial charge in [0.25, 0.3) is 11.8 Å². The molecule has 0 aliphatic rings. The summed E-state index contributed by atoms with van der Waals surface area (Å²) in [5, 5.41) is 6.68. The summed E-state index contributed by atoms with van der Waals surface area (Å²) in [7, 11) is 0. The van der Waals surface area contributed by atoms with Crippen LogP contribution in [0.1, 0.15) is 15.9 Å². The molecule has 0 saturated heterocycles. The predicted molar refractivity (Wildman–Crippen MR) is 85.9 cm³/mol. The van der Waals surface area contributed by atoms with E-state index in [2.05, 4.69) is 15.8 Å². The lowest BCUT2D eigenvalue weighted by Gasteiger charge is -2.04. The first-order chi connectivity index (χ1) is 11.0. The lowest BCUT2D eigenvalue weighted by atomic mass is 10.2. The van der Waals surface area contributed by atoms with Crippen LogP contribution in [0.5, 0.6) is 0 Å². The summed E-state index contributed by atoms with van der Waals surface area (Å²) in [6, 6.07) is 12.1. The van der Waals surface area contributed by atoms with E-state index in [4.69, 9.17) is 11.6 Å². The van der Waals surface area contributed by atoms with Crippen molar-refractivity contribution < 1.29 is 14.0 Å². The molecule has 0 bridgehead atoms. The number of benzene rings is 2. The van der Waals surface area contributed by atoms with Crippen LogP contribution in [0.3, 0.4) is 0 Å². The van der Waals surface area contributed by atoms with Crippen LogP contribution in [0.25, 0.3) is 0 Å². The largest absolute Gasteiger partial charge is 0.343 e. The fourth-order valence-corrected chi connectivity index (χ4v) is 1.90. The van der Waals surface area contributed by atoms with Crippen molar-refractivity contribution in [2.24, 2.45) is 5.10 Å². The van der Waals surface area contributed by atoms with Gasteiger partial charge in [0, 0.05) is 10.6 Å². The number of hydrogen-bond acceptors (Lipinski definition) is 3. The molecule has 7 heteroatoms. The number of carbonyl (C=O) groups excluding carboxylic acids is 2. The maximum absolute atomic E-state index is 13.0. The van der Waals surface area contributed by atoms with Crippen molar-refractivity contribution in [2.45, 2.75) is 0 Å². The van der Waals surface area contributed by atoms with Gasteiger partial charge in [0.05, 0.1) is 12.8 Å². The molecule has 0 atom stereocenters. The Kier molecular flexibility index (Phi) is 5.82. The molecule has 0 saturated carbocycles. The van der Waals surface area contributed by atoms with Gasteiger partial charge >= 0.3 is 0 Å². The molecule has 23 heavy (non-hydrogen) atoms. The van der Waals surface area contributed by atoms with Gasteiger partial charge in [-0.1, -0.05) is 29.8 Å². The average molecular weight is 334 g/mol. The second-order valence-electron chi connectivity index (χ2n) is 4.54. The van der Waals surface area contributed by atoms with Crippen LogP contribution in [0.4, 0.5) is 4.39 Å². The van der Waals surface area contributed by atoms with Crippen LogP contribution < -0.4 is 10.7 Å². The van der Waals surface area contributed by atoms with Gasteiger partial charge in [0.15, 0.2) is 0 Å². The summed E-state index contributed by atoms with van der Waals surface area (Å²) in [5.41, 5.74) is 3.13. The summed E-state index contributed by atoms with van der Waals surface area (Å²) in [5.74, 6) is -1.57. The molecule has 0 heterocycles. The molecule has 0 aliphatic carbocycles. The molecule has 0 spiro atoms. The number of carbonyl (C=O) groups is 2. The Labute approximate surface area is 137 Å². The highest BCUT2D eigenvalue weighted by Gasteiger charge is 2.08. The van der Waals surface area contributed by atoms with Gasteiger partial charge in [0.1, 0.15) is 5.82 Å². The van der Waals surface area contributed by atoms with Gasteiger partial charge in [-0.3, -0.25) is 9.59 Å². The molecule has 0 aromatic heterocycles. The van der Waals surface area contributed by atoms with E-state index in [1.54, 1.807) is 24.3 Å². The third-order valence-electron chi connectivity index (χ3n) is 2.75. The second-order valence-corrected chi connectivity index (χ2v) is 4.98. The number of amides is 2. The summed E-state index contributed by atoms with van der Waals surface area (Å²) in [6.45, 7) is -0.276. The van der Waals surface area contributed by atoms with Gasteiger partial charge < -0.3 is 5.32 Å². The normalized spacial score (nSPS) is 10.5. The SMILES string of the molecule is O=C(CNC(=O)c1cccc(F)c1)N/N=C\c1cccc(Cl)c1. The van der Waals surface area contributed by atoms with Crippen LogP contribution in [-0.4, -0.2) is 24.6 Å². The fourth-order valence-electron chi connectivity index (χ4n) is 1.70. The Hall–Kier alpha value is -2.73. The van der Waals surface area contributed by atoms with E-state index >= 15 is 0 Å². The van der Waals surface area contributed by atoms with Crippen molar-refractivity contribution in [2.75, 3.05) is 6.54 Å². The fraction of sp³-hybridized carbons (Fsp3) is 0.0625. The van der Waals surface area contributed by atoms with Crippen LogP contribution >= 0.6 is 11.6 Å². The van der Waals surface area contributed by atoms with Gasteiger partial charge in [-0.25, -0.2) is 9.82 Å². The van der Waals surface area contributed by atoms with E-state index in [-0.39, 0.29) is 12.1 Å². The van der Waals surface area contributed by atoms with Crippen LogP contribution in [0.2, 0.25) is 5.02 Å². The second kappa shape index (κ2) is 8.05. The van der Waals surface area contributed by atoms with Crippen LogP contribution in [0, 0.1) is 5.82 Å². The molecule has 0 unspecified atom stereocenters. The zero-order valence-electron chi connectivity index (χ0n) is 11.9. The molecule has 0 aliphatic heterocycles. The molecule has 118 valence electrons. The summed E-state index contributed by atoms with van der Waals surface area (Å²) < 4.78 is 13.0. The quantitative estimate of drug-likeness (QED) is 0.651. The summed E-state index contributed by atoms with van der Waals surface area (Å²) >= 11 is 5.82. The minimum absolute atomic E-state index is 0.139. The molecule has 0 radical (unpaired) electrons. The molecule has 0 fully saturated rings. The van der Waals surface area contributed by atoms with Crippen molar-refractivity contribution in [3.63, 3.8) is 0 Å². The highest BCUT2D eigenvalue weighted by Crippen LogP contribution is 2.08. The maximum atomic E-state index is 13.0. The summed E-state index contributed by atoms with van der Waals surface area (Å²) in [4.78, 5) is 23.3. The van der Waals surface area contributed by atoms with Gasteiger partial charge in [-0.15, -0.1) is 0 Å². The third kappa shape index (κ3) is 5.52. The van der Waals surface area contributed by atoms with E-state index < -0.39 is 17.6 Å². The number of hydrazone groups is 1. The first-order valence-electron chi connectivity index (χ1n) is 6.66. The first-order valence-corrected chi connectivity index (χ1v) is 7.03. The highest BCUT2D eigenvalue weighted by atomic mass is 35.5. The van der Waals surface area contributed by atoms with Crippen molar-refractivity contribution in [1.82, 2.24) is 10.7 Å². The monoisotopic (exact) mass is 333 g/mol. The van der Waals surface area contributed by atoms with Crippen molar-refractivity contribution in [3.05, 3.63) is 70.5 Å². The Morgan fingerprint density at radius 1 is 1.17 bits per heavy atom. The standard InChI is InChI=1S/C16H13ClFN3O2/c17-13-5-1-3-11(7-13)9-20-21-15(22)10-19-16(23)12-4-2-6-14(18)8-12/h1-9H,10H2,(H,19,23)(H,21,22)/b20-9-. The Bertz CT molecular complexity index is 750. The average Bonchev–Trinajstić information content (AvgIpc) is 2.52. The number of rotatable bonds is 5. The molecule has 2 rings (SSSR count). The third-order valence-corrected chi connectivity index (χ3v) is 2.98. The Balaban J connectivity index is 1.80. The van der Waals surface area contributed by atoms with E-state index in [1.807, 2.05) is 0 Å². The molecule has 2 aromatic rings. The summed E-state index contributed by atoms with van der Waals surface area (Å²) in [6.07, 6.45) is 1.43. The Morgan fingerprint density at radius 3 is 2.70 bits per heavy atom. The predicted octanol–water partition coefficient (Wildman–Crippen LogP) is 2.36. The molecular weight excluding hydrogens is 321 g/mol. The van der Waals surface area contributed by atoms with E-state index in [0.717, 1.165) is 11.6 Å². The van der Waals surface area contributed by atoms with Crippen LogP contribution in [-0.2, 0) is 4.79 Å². The maximum Gasteiger partial charge on any atom is 0.259 e. The first kappa shape index (κ1) is 16.6. The minimum Gasteiger partial charge on any atom is -0.343 e. The molecule has 5 nitrogen and oxygen atoms in total. The number of nitrogens with one attached hydrogen (secondary N) is 2. The zero-order chi connectivity index (χ0) is 16.7. The van der Waals surface area contributed by atoms with Crippen molar-refractivity contribution in [3.8, 4) is 0 Å². The Morgan fingerprint density at radius 2 is 1.96 bits per heavy atom. The van der Waals surface area contributed by atoms with E-state index in [1.165, 1.54) is 24.4 Å². The van der Waals surface area contributed by atoms with Gasteiger partial charge in [0.2, 0.25) is 0 Å². The van der Waals surface area contributed by atoms with Crippen LogP contribution in [0.15, 0.2) is 53.6 Å². The smallest absolute Gasteiger partial charge is 0.259 e. The van der Waals surface area contributed by atoms with Gasteiger partial charge in [-0.2, -0.15) is 5.10 Å². The van der Waals surface area contributed by atoms with Crippen molar-refractivity contribution >= 4 is 29.6 Å². The highest BCUT2D eigenvalue weighted by molar-refractivity contribution is 6.30. The number of hydrogen-bond donors (Lipinski definition) is 2. The van der Waals surface area contributed by atoms with E-state index in [0.29, 0.717) is 5.02 Å². The van der Waals surface area contributed by atoms with Gasteiger partial charge in [-0.05, 0) is 35.9 Å². The number of nitrogens with zero attached hydrogens (tertiary/aromatic N) is 1. The lowest BCUT2D eigenvalue weighted by Crippen LogP contribution is -2.34. The topological polar surface area (TPSA) is 70.6 Å². The minimum atomic E-state index is -0.543. The van der Waals surface area contributed by atoms with E-state index in [9.17, 15) is 14.0 Å².